The molecule has 0 amide bonds. The van der Waals surface area contributed by atoms with Gasteiger partial charge in [-0.05, 0) is 11.4 Å². The van der Waals surface area contributed by atoms with Gasteiger partial charge in [-0.2, -0.15) is 0 Å². The molecule has 0 atom stereocenters. The number of thiophene rings is 1. The summed E-state index contributed by atoms with van der Waals surface area (Å²) in [6, 6.07) is 4.12. The summed E-state index contributed by atoms with van der Waals surface area (Å²) in [6.45, 7) is 0. The largest absolute Gasteiger partial charge is 0.333 e. The number of rotatable bonds is 2. The lowest BCUT2D eigenvalue weighted by atomic mass is 10.3. The van der Waals surface area contributed by atoms with Gasteiger partial charge in [-0.1, -0.05) is 17.7 Å². The number of nitrogens with zero attached hydrogens (tertiary/aromatic N) is 1. The monoisotopic (exact) mass is 198 g/mol. The number of imidazole rings is 1. The van der Waals surface area contributed by atoms with Crippen LogP contribution in [0.25, 0.3) is 0 Å². The first kappa shape index (κ1) is 7.83. The molecule has 0 aromatic carbocycles. The van der Waals surface area contributed by atoms with Gasteiger partial charge in [0, 0.05) is 11.3 Å². The molecule has 0 spiro atoms. The molecule has 2 heterocycles. The van der Waals surface area contributed by atoms with Crippen molar-refractivity contribution in [3.63, 3.8) is 0 Å². The van der Waals surface area contributed by atoms with E-state index in [0.717, 1.165) is 12.2 Å². The zero-order valence-electron chi connectivity index (χ0n) is 6.25. The van der Waals surface area contributed by atoms with E-state index in [9.17, 15) is 0 Å². The highest BCUT2D eigenvalue weighted by Crippen LogP contribution is 2.13. The molecule has 12 heavy (non-hydrogen) atoms. The van der Waals surface area contributed by atoms with E-state index >= 15 is 0 Å². The molecule has 2 aromatic rings. The number of hydrogen-bond acceptors (Lipinski definition) is 2. The fraction of sp³-hybridized carbons (Fsp3) is 0.125. The number of hydrogen-bond donors (Lipinski definition) is 1. The van der Waals surface area contributed by atoms with Gasteiger partial charge in [-0.25, -0.2) is 4.98 Å². The number of nitrogens with one attached hydrogen (secondary N) is 1. The molecule has 0 saturated heterocycles. The molecule has 4 heteroatoms. The maximum atomic E-state index is 5.69. The topological polar surface area (TPSA) is 28.7 Å². The summed E-state index contributed by atoms with van der Waals surface area (Å²) < 4.78 is 0. The predicted molar refractivity (Wildman–Crippen MR) is 50.7 cm³/mol. The molecule has 0 radical (unpaired) electrons. The van der Waals surface area contributed by atoms with E-state index in [4.69, 9.17) is 11.6 Å². The first-order chi connectivity index (χ1) is 5.84. The third kappa shape index (κ3) is 1.68. The summed E-state index contributed by atoms with van der Waals surface area (Å²) in [5, 5.41) is 2.65. The molecule has 0 aliphatic rings. The lowest BCUT2D eigenvalue weighted by Crippen LogP contribution is -1.86. The van der Waals surface area contributed by atoms with Crippen LogP contribution in [-0.2, 0) is 6.42 Å². The van der Waals surface area contributed by atoms with Crippen molar-refractivity contribution in [1.82, 2.24) is 9.97 Å². The van der Waals surface area contributed by atoms with E-state index in [1.54, 1.807) is 17.5 Å². The quantitative estimate of drug-likeness (QED) is 0.790. The van der Waals surface area contributed by atoms with Crippen molar-refractivity contribution in [3.05, 3.63) is 39.6 Å². The Bertz CT molecular complexity index is 353. The van der Waals surface area contributed by atoms with Crippen LogP contribution in [0.1, 0.15) is 10.7 Å². The Morgan fingerprint density at radius 1 is 1.58 bits per heavy atom. The summed E-state index contributed by atoms with van der Waals surface area (Å²) in [5.74, 6) is 0.919. The maximum Gasteiger partial charge on any atom is 0.126 e. The van der Waals surface area contributed by atoms with E-state index in [1.807, 2.05) is 6.07 Å². The van der Waals surface area contributed by atoms with E-state index in [1.165, 1.54) is 4.88 Å². The molecule has 1 N–H and O–H groups in total. The van der Waals surface area contributed by atoms with Crippen molar-refractivity contribution in [3.8, 4) is 0 Å². The first-order valence-electron chi connectivity index (χ1n) is 3.56. The standard InChI is InChI=1S/C8H7ClN2S/c9-7-5-10-8(11-7)4-6-2-1-3-12-6/h1-3,5H,4H2,(H,10,11). The molecule has 0 bridgehead atoms. The first-order valence-corrected chi connectivity index (χ1v) is 4.82. The Balaban J connectivity index is 2.14. The van der Waals surface area contributed by atoms with Crippen LogP contribution in [-0.4, -0.2) is 9.97 Å². The normalized spacial score (nSPS) is 10.4. The van der Waals surface area contributed by atoms with Crippen LogP contribution in [0.15, 0.2) is 23.7 Å². The fourth-order valence-electron chi connectivity index (χ4n) is 1.01. The summed E-state index contributed by atoms with van der Waals surface area (Å²) in [4.78, 5) is 8.38. The second kappa shape index (κ2) is 3.29. The van der Waals surface area contributed by atoms with Crippen LogP contribution in [0.4, 0.5) is 0 Å². The molecular formula is C8H7ClN2S. The lowest BCUT2D eigenvalue weighted by Gasteiger charge is -1.90. The van der Waals surface area contributed by atoms with Crippen LogP contribution >= 0.6 is 22.9 Å². The highest BCUT2D eigenvalue weighted by Gasteiger charge is 2.00. The Kier molecular flexibility index (Phi) is 2.15. The maximum absolute atomic E-state index is 5.69. The van der Waals surface area contributed by atoms with E-state index in [2.05, 4.69) is 21.4 Å². The van der Waals surface area contributed by atoms with E-state index < -0.39 is 0 Å². The average molecular weight is 199 g/mol. The Labute approximate surface area is 79.2 Å². The third-order valence-corrected chi connectivity index (χ3v) is 2.59. The summed E-state index contributed by atoms with van der Waals surface area (Å²) in [5.41, 5.74) is 0. The molecular weight excluding hydrogens is 192 g/mol. The molecule has 2 rings (SSSR count). The average Bonchev–Trinajstić information content (AvgIpc) is 2.63. The van der Waals surface area contributed by atoms with Crippen molar-refractivity contribution in [2.24, 2.45) is 0 Å². The molecule has 0 aliphatic heterocycles. The minimum absolute atomic E-state index is 0.599. The summed E-state index contributed by atoms with van der Waals surface area (Å²) >= 11 is 7.41. The zero-order valence-corrected chi connectivity index (χ0v) is 7.82. The second-order valence-corrected chi connectivity index (χ2v) is 3.87. The van der Waals surface area contributed by atoms with Gasteiger partial charge in [0.2, 0.25) is 0 Å². The molecule has 0 aliphatic carbocycles. The Morgan fingerprint density at radius 2 is 2.50 bits per heavy atom. The SMILES string of the molecule is Clc1cnc(Cc2cccs2)[nH]1. The van der Waals surface area contributed by atoms with Gasteiger partial charge in [0.1, 0.15) is 11.0 Å². The van der Waals surface area contributed by atoms with Crippen LogP contribution in [0.5, 0.6) is 0 Å². The van der Waals surface area contributed by atoms with Crippen LogP contribution in [0, 0.1) is 0 Å². The van der Waals surface area contributed by atoms with Crippen molar-refractivity contribution in [2.75, 3.05) is 0 Å². The molecule has 0 saturated carbocycles. The van der Waals surface area contributed by atoms with Gasteiger partial charge >= 0.3 is 0 Å². The van der Waals surface area contributed by atoms with Crippen molar-refractivity contribution in [2.45, 2.75) is 6.42 Å². The van der Waals surface area contributed by atoms with Gasteiger partial charge < -0.3 is 4.98 Å². The lowest BCUT2D eigenvalue weighted by molar-refractivity contribution is 1.04. The minimum atomic E-state index is 0.599. The number of aromatic nitrogens is 2. The van der Waals surface area contributed by atoms with Crippen molar-refractivity contribution in [1.29, 1.82) is 0 Å². The van der Waals surface area contributed by atoms with E-state index in [0.29, 0.717) is 5.15 Å². The fourth-order valence-corrected chi connectivity index (χ4v) is 1.87. The van der Waals surface area contributed by atoms with Crippen molar-refractivity contribution >= 4 is 22.9 Å². The number of halogens is 1. The molecule has 62 valence electrons. The van der Waals surface area contributed by atoms with Gasteiger partial charge in [-0.3, -0.25) is 0 Å². The van der Waals surface area contributed by atoms with Gasteiger partial charge in [0.05, 0.1) is 6.20 Å². The third-order valence-electron chi connectivity index (χ3n) is 1.52. The second-order valence-electron chi connectivity index (χ2n) is 2.43. The number of H-pyrrole nitrogens is 1. The van der Waals surface area contributed by atoms with Gasteiger partial charge in [0.25, 0.3) is 0 Å². The molecule has 2 nitrogen and oxygen atoms in total. The minimum Gasteiger partial charge on any atom is -0.333 e. The van der Waals surface area contributed by atoms with Crippen LogP contribution < -0.4 is 0 Å². The Morgan fingerprint density at radius 3 is 3.08 bits per heavy atom. The predicted octanol–water partition coefficient (Wildman–Crippen LogP) is 2.72. The number of aromatic amines is 1. The molecule has 2 aromatic heterocycles. The van der Waals surface area contributed by atoms with Gasteiger partial charge in [0.15, 0.2) is 0 Å². The van der Waals surface area contributed by atoms with Crippen LogP contribution in [0.3, 0.4) is 0 Å². The highest BCUT2D eigenvalue weighted by molar-refractivity contribution is 7.09. The molecule has 0 unspecified atom stereocenters. The van der Waals surface area contributed by atoms with E-state index in [-0.39, 0.29) is 0 Å². The van der Waals surface area contributed by atoms with Crippen molar-refractivity contribution < 1.29 is 0 Å². The summed E-state index contributed by atoms with van der Waals surface area (Å²) in [6.07, 6.45) is 2.47. The highest BCUT2D eigenvalue weighted by atomic mass is 35.5. The zero-order chi connectivity index (χ0) is 8.39. The smallest absolute Gasteiger partial charge is 0.126 e. The van der Waals surface area contributed by atoms with Gasteiger partial charge in [-0.15, -0.1) is 11.3 Å². The molecule has 0 fully saturated rings. The van der Waals surface area contributed by atoms with Crippen LogP contribution in [0.2, 0.25) is 5.15 Å². The Hall–Kier alpha value is -0.800. The summed E-state index contributed by atoms with van der Waals surface area (Å²) in [7, 11) is 0.